The molecule has 0 bridgehead atoms. The highest BCUT2D eigenvalue weighted by Crippen LogP contribution is 1.97. The largest absolute Gasteiger partial charge is 0.392 e. The number of rotatable bonds is 4. The topological polar surface area (TPSA) is 74.6 Å². The molecule has 0 fully saturated rings. The van der Waals surface area contributed by atoms with Crippen LogP contribution in [0, 0.1) is 0 Å². The molecular formula is C6H14O4S. The van der Waals surface area contributed by atoms with Crippen molar-refractivity contribution in [2.75, 3.05) is 11.5 Å². The van der Waals surface area contributed by atoms with Crippen molar-refractivity contribution in [2.24, 2.45) is 0 Å². The first-order valence-corrected chi connectivity index (χ1v) is 5.22. The molecule has 0 rings (SSSR count). The Morgan fingerprint density at radius 1 is 1.09 bits per heavy atom. The zero-order valence-corrected chi connectivity index (χ0v) is 7.50. The standard InChI is InChI=1S/C6H14O4S/c1-5(7)3-11(9,10)4-6(2)8/h5-8H,3-4H2,1-2H3/t5-,6-/m1/s1. The summed E-state index contributed by atoms with van der Waals surface area (Å²) in [5.74, 6) is -0.560. The first-order chi connectivity index (χ1) is 4.83. The van der Waals surface area contributed by atoms with Gasteiger partial charge in [-0.25, -0.2) is 8.42 Å². The van der Waals surface area contributed by atoms with Gasteiger partial charge in [-0.1, -0.05) is 0 Å². The highest BCUT2D eigenvalue weighted by atomic mass is 32.2. The summed E-state index contributed by atoms with van der Waals surface area (Å²) in [7, 11) is -3.28. The predicted octanol–water partition coefficient (Wildman–Crippen LogP) is -0.837. The molecule has 0 radical (unpaired) electrons. The van der Waals surface area contributed by atoms with Gasteiger partial charge in [0, 0.05) is 0 Å². The van der Waals surface area contributed by atoms with E-state index in [1.807, 2.05) is 0 Å². The van der Waals surface area contributed by atoms with Crippen LogP contribution < -0.4 is 0 Å². The Balaban J connectivity index is 4.03. The molecule has 68 valence electrons. The Kier molecular flexibility index (Phi) is 3.99. The molecular weight excluding hydrogens is 168 g/mol. The quantitative estimate of drug-likeness (QED) is 0.594. The highest BCUT2D eigenvalue weighted by molar-refractivity contribution is 7.91. The van der Waals surface area contributed by atoms with Gasteiger partial charge < -0.3 is 10.2 Å². The second-order valence-electron chi connectivity index (χ2n) is 2.77. The van der Waals surface area contributed by atoms with Crippen LogP contribution in [0.15, 0.2) is 0 Å². The van der Waals surface area contributed by atoms with E-state index < -0.39 is 22.0 Å². The monoisotopic (exact) mass is 182 g/mol. The van der Waals surface area contributed by atoms with E-state index in [4.69, 9.17) is 10.2 Å². The van der Waals surface area contributed by atoms with Gasteiger partial charge in [-0.05, 0) is 13.8 Å². The van der Waals surface area contributed by atoms with Gasteiger partial charge in [0.25, 0.3) is 0 Å². The van der Waals surface area contributed by atoms with E-state index in [1.54, 1.807) is 0 Å². The summed E-state index contributed by atoms with van der Waals surface area (Å²) >= 11 is 0. The number of aliphatic hydroxyl groups is 2. The smallest absolute Gasteiger partial charge is 0.155 e. The van der Waals surface area contributed by atoms with E-state index in [-0.39, 0.29) is 11.5 Å². The lowest BCUT2D eigenvalue weighted by Gasteiger charge is -2.07. The fraction of sp³-hybridized carbons (Fsp3) is 1.00. The summed E-state index contributed by atoms with van der Waals surface area (Å²) in [5, 5.41) is 17.5. The summed E-state index contributed by atoms with van der Waals surface area (Å²) in [6, 6.07) is 0. The third kappa shape index (κ3) is 6.28. The summed E-state index contributed by atoms with van der Waals surface area (Å²) < 4.78 is 21.9. The lowest BCUT2D eigenvalue weighted by Crippen LogP contribution is -2.25. The van der Waals surface area contributed by atoms with E-state index >= 15 is 0 Å². The Morgan fingerprint density at radius 2 is 1.36 bits per heavy atom. The molecule has 11 heavy (non-hydrogen) atoms. The lowest BCUT2D eigenvalue weighted by molar-refractivity contribution is 0.210. The first kappa shape index (κ1) is 10.9. The molecule has 0 aromatic rings. The molecule has 0 aliphatic carbocycles. The molecule has 0 unspecified atom stereocenters. The average molecular weight is 182 g/mol. The lowest BCUT2D eigenvalue weighted by atomic mass is 10.5. The number of hydrogen-bond acceptors (Lipinski definition) is 4. The normalized spacial score (nSPS) is 17.8. The van der Waals surface area contributed by atoms with Crippen molar-refractivity contribution in [1.29, 1.82) is 0 Å². The van der Waals surface area contributed by atoms with Crippen molar-refractivity contribution in [1.82, 2.24) is 0 Å². The fourth-order valence-corrected chi connectivity index (χ4v) is 2.41. The van der Waals surface area contributed by atoms with Gasteiger partial charge in [0.2, 0.25) is 0 Å². The SMILES string of the molecule is C[C@@H](O)CS(=O)(=O)C[C@@H](C)O. The van der Waals surface area contributed by atoms with Crippen molar-refractivity contribution < 1.29 is 18.6 Å². The van der Waals surface area contributed by atoms with Crippen LogP contribution in [0.3, 0.4) is 0 Å². The zero-order valence-electron chi connectivity index (χ0n) is 6.69. The molecule has 0 aliphatic rings. The minimum Gasteiger partial charge on any atom is -0.392 e. The number of aliphatic hydroxyl groups excluding tert-OH is 2. The fourth-order valence-electron chi connectivity index (χ4n) is 0.803. The summed E-state index contributed by atoms with van der Waals surface area (Å²) in [4.78, 5) is 0. The molecule has 0 aliphatic heterocycles. The van der Waals surface area contributed by atoms with Crippen molar-refractivity contribution in [3.05, 3.63) is 0 Å². The molecule has 0 heterocycles. The highest BCUT2D eigenvalue weighted by Gasteiger charge is 2.16. The molecule has 0 aromatic heterocycles. The van der Waals surface area contributed by atoms with E-state index in [2.05, 4.69) is 0 Å². The third-order valence-electron chi connectivity index (χ3n) is 0.990. The molecule has 5 heteroatoms. The Bertz CT molecular complexity index is 177. The van der Waals surface area contributed by atoms with Crippen LogP contribution in [0.4, 0.5) is 0 Å². The summed E-state index contributed by atoms with van der Waals surface area (Å²) in [6.07, 6.45) is -1.72. The van der Waals surface area contributed by atoms with Gasteiger partial charge in [0.15, 0.2) is 9.84 Å². The van der Waals surface area contributed by atoms with Crippen molar-refractivity contribution >= 4 is 9.84 Å². The molecule has 0 saturated carbocycles. The predicted molar refractivity (Wildman–Crippen MR) is 42.0 cm³/mol. The van der Waals surface area contributed by atoms with Crippen LogP contribution in [0.1, 0.15) is 13.8 Å². The summed E-state index contributed by atoms with van der Waals surface area (Å²) in [6.45, 7) is 2.80. The zero-order chi connectivity index (χ0) is 9.07. The third-order valence-corrected chi connectivity index (χ3v) is 2.97. The van der Waals surface area contributed by atoms with Crippen LogP contribution >= 0.6 is 0 Å². The molecule has 0 amide bonds. The van der Waals surface area contributed by atoms with Gasteiger partial charge >= 0.3 is 0 Å². The van der Waals surface area contributed by atoms with Gasteiger partial charge in [0.1, 0.15) is 0 Å². The second kappa shape index (κ2) is 4.04. The van der Waals surface area contributed by atoms with E-state index in [9.17, 15) is 8.42 Å². The Labute approximate surface area is 66.8 Å². The Morgan fingerprint density at radius 3 is 1.55 bits per heavy atom. The summed E-state index contributed by atoms with van der Waals surface area (Å²) in [5.41, 5.74) is 0. The van der Waals surface area contributed by atoms with Crippen molar-refractivity contribution in [3.8, 4) is 0 Å². The van der Waals surface area contributed by atoms with Gasteiger partial charge in [-0.3, -0.25) is 0 Å². The van der Waals surface area contributed by atoms with Crippen molar-refractivity contribution in [3.63, 3.8) is 0 Å². The van der Waals surface area contributed by atoms with Gasteiger partial charge in [-0.2, -0.15) is 0 Å². The minimum atomic E-state index is -3.28. The van der Waals surface area contributed by atoms with Crippen LogP contribution in [-0.2, 0) is 9.84 Å². The van der Waals surface area contributed by atoms with Gasteiger partial charge in [-0.15, -0.1) is 0 Å². The second-order valence-corrected chi connectivity index (χ2v) is 4.93. The van der Waals surface area contributed by atoms with Crippen LogP contribution in [0.25, 0.3) is 0 Å². The average Bonchev–Trinajstić information content (AvgIpc) is 1.53. The molecule has 2 N–H and O–H groups in total. The van der Waals surface area contributed by atoms with Gasteiger partial charge in [0.05, 0.1) is 23.7 Å². The molecule has 2 atom stereocenters. The van der Waals surface area contributed by atoms with Crippen LogP contribution in [0.5, 0.6) is 0 Å². The maximum Gasteiger partial charge on any atom is 0.155 e. The van der Waals surface area contributed by atoms with E-state index in [0.29, 0.717) is 0 Å². The molecule has 4 nitrogen and oxygen atoms in total. The first-order valence-electron chi connectivity index (χ1n) is 3.40. The molecule has 0 aromatic carbocycles. The van der Waals surface area contributed by atoms with E-state index in [1.165, 1.54) is 13.8 Å². The number of sulfone groups is 1. The van der Waals surface area contributed by atoms with E-state index in [0.717, 1.165) is 0 Å². The Hall–Kier alpha value is -0.130. The molecule has 0 saturated heterocycles. The van der Waals surface area contributed by atoms with Crippen LogP contribution in [0.2, 0.25) is 0 Å². The number of hydrogen-bond donors (Lipinski definition) is 2. The maximum absolute atomic E-state index is 10.9. The van der Waals surface area contributed by atoms with Crippen molar-refractivity contribution in [2.45, 2.75) is 26.1 Å². The van der Waals surface area contributed by atoms with Crippen LogP contribution in [-0.4, -0.2) is 42.3 Å². The molecule has 0 spiro atoms. The minimum absolute atomic E-state index is 0.280. The maximum atomic E-state index is 10.9.